The van der Waals surface area contributed by atoms with Crippen LogP contribution in [-0.2, 0) is 106 Å². The maximum absolute atomic E-state index is 16.0. The number of halogens is 3. The van der Waals surface area contributed by atoms with Crippen LogP contribution in [0.4, 0.5) is 13.2 Å². The number of amides is 14. The highest BCUT2D eigenvalue weighted by atomic mass is 32.2. The number of H-pyrrole nitrogens is 1. The molecular formula is C99H126F3N17O17S. The van der Waals surface area contributed by atoms with Crippen LogP contribution in [0.5, 0.6) is 11.5 Å². The molecule has 0 radical (unpaired) electrons. The molecule has 4 fully saturated rings. The Morgan fingerprint density at radius 3 is 1.63 bits per heavy atom. The molecule has 15 N–H and O–H groups in total. The lowest BCUT2D eigenvalue weighted by atomic mass is 9.96. The van der Waals surface area contributed by atoms with E-state index in [-0.39, 0.29) is 108 Å². The van der Waals surface area contributed by atoms with Crippen molar-refractivity contribution in [3.8, 4) is 11.5 Å². The zero-order valence-corrected chi connectivity index (χ0v) is 79.1. The number of benzene rings is 6. The van der Waals surface area contributed by atoms with Crippen LogP contribution < -0.4 is 53.6 Å². The monoisotopic (exact) mass is 1910 g/mol. The normalized spacial score (nSPS) is 24.2. The SMILES string of the molecule is CCCC[C@H]1C(=O)N2CCC[C@@H]2C(=O)N2CCNC[C@H]2C(=O)N[C@@H](C(C)C)C(=O)N(C)[C@@H](Cc2ccccc2)C(=O)N[C@@H](Cc2ccc(O)cc2)C(=O)N2CCCC[C@@H]2C(=O)N[C@@H](Cc2c[nH]c3ccccc23)C(=O)N[C@@H](Cc2ccc(O)cc2)C(=O)N[C@@H](CC(C)C)C(=O)N[C@H](C(=O)NCC(N)O)CSCC(=O)N[C@@H](Cc2cc(F)c(F)c(F)c2)C(=O)N(C)[C@@H](Cc2ccccc2)C(=O)N1C. The van der Waals surface area contributed by atoms with Crippen LogP contribution in [0.3, 0.4) is 0 Å². The summed E-state index contributed by atoms with van der Waals surface area (Å²) in [5.74, 6) is -19.3. The zero-order chi connectivity index (χ0) is 99.0. The number of unbranched alkanes of at least 4 members (excludes halogenated alkanes) is 1. The van der Waals surface area contributed by atoms with Crippen LogP contribution in [0.25, 0.3) is 10.9 Å². The van der Waals surface area contributed by atoms with E-state index in [1.165, 1.54) is 82.0 Å². The van der Waals surface area contributed by atoms with E-state index in [9.17, 15) is 29.3 Å². The fourth-order valence-electron chi connectivity index (χ4n) is 17.9. The molecule has 11 rings (SSSR count). The second-order valence-electron chi connectivity index (χ2n) is 36.4. The molecule has 4 aliphatic rings. The number of aliphatic hydroxyl groups excluding tert-OH is 1. The summed E-state index contributed by atoms with van der Waals surface area (Å²) in [6.45, 7) is 8.20. The Hall–Kier alpha value is -12.9. The zero-order valence-electron chi connectivity index (χ0n) is 78.3. The summed E-state index contributed by atoms with van der Waals surface area (Å²) in [6, 6.07) is 18.0. The number of aromatic amines is 1. The molecule has 0 spiro atoms. The molecule has 0 bridgehead atoms. The Bertz CT molecular complexity index is 5390. The fraction of sp³-hybridized carbons (Fsp3) is 0.475. The van der Waals surface area contributed by atoms with Crippen molar-refractivity contribution in [2.75, 3.05) is 71.9 Å². The number of fused-ring (bicyclic) bond motifs is 4. The number of hydrogen-bond acceptors (Lipinski definition) is 20. The molecule has 14 atom stereocenters. The van der Waals surface area contributed by atoms with Crippen molar-refractivity contribution in [2.24, 2.45) is 17.6 Å². The number of rotatable bonds is 21. The molecular weight excluding hydrogens is 1790 g/mol. The minimum Gasteiger partial charge on any atom is -0.508 e. The van der Waals surface area contributed by atoms with Crippen molar-refractivity contribution >= 4 is 105 Å². The van der Waals surface area contributed by atoms with Crippen molar-refractivity contribution < 1.29 is 95.6 Å². The lowest BCUT2D eigenvalue weighted by Crippen LogP contribution is -2.65. The average molecular weight is 1920 g/mol. The molecule has 6 aromatic carbocycles. The van der Waals surface area contributed by atoms with E-state index in [0.717, 1.165) is 16.7 Å². The molecule has 736 valence electrons. The summed E-state index contributed by atoms with van der Waals surface area (Å²) in [5, 5.41) is 57.1. The first-order chi connectivity index (χ1) is 65.5. The smallest absolute Gasteiger partial charge is 0.246 e. The number of carbonyl (C=O) groups excluding carboxylic acids is 14. The van der Waals surface area contributed by atoms with Crippen LogP contribution in [0.15, 0.2) is 152 Å². The molecule has 7 aromatic rings. The topological polar surface area (TPSA) is 469 Å². The van der Waals surface area contributed by atoms with Gasteiger partial charge in [-0.25, -0.2) is 13.2 Å². The summed E-state index contributed by atoms with van der Waals surface area (Å²) < 4.78 is 45.3. The average Bonchev–Trinajstić information content (AvgIpc) is 0.831. The number of piperazine rings is 1. The van der Waals surface area contributed by atoms with E-state index in [0.29, 0.717) is 83.0 Å². The summed E-state index contributed by atoms with van der Waals surface area (Å²) in [6.07, 6.45) is 0.205. The third-order valence-corrected chi connectivity index (χ3v) is 26.5. The second kappa shape index (κ2) is 49.2. The van der Waals surface area contributed by atoms with Gasteiger partial charge in [0, 0.05) is 115 Å². The van der Waals surface area contributed by atoms with Crippen molar-refractivity contribution in [1.82, 2.24) is 82.2 Å². The molecule has 4 aliphatic heterocycles. The summed E-state index contributed by atoms with van der Waals surface area (Å²) in [5.41, 5.74) is 8.48. The van der Waals surface area contributed by atoms with Crippen molar-refractivity contribution in [2.45, 2.75) is 216 Å². The lowest BCUT2D eigenvalue weighted by Gasteiger charge is -2.41. The van der Waals surface area contributed by atoms with Crippen molar-refractivity contribution in [3.05, 3.63) is 203 Å². The second-order valence-corrected chi connectivity index (χ2v) is 37.4. The lowest BCUT2D eigenvalue weighted by molar-refractivity contribution is -0.155. The van der Waals surface area contributed by atoms with Gasteiger partial charge in [-0.05, 0) is 133 Å². The van der Waals surface area contributed by atoms with Crippen LogP contribution in [-0.4, -0.2) is 289 Å². The van der Waals surface area contributed by atoms with Gasteiger partial charge in [-0.3, -0.25) is 67.1 Å². The number of piperidine rings is 1. The van der Waals surface area contributed by atoms with Crippen LogP contribution >= 0.6 is 11.8 Å². The third-order valence-electron chi connectivity index (χ3n) is 25.5. The summed E-state index contributed by atoms with van der Waals surface area (Å²) in [4.78, 5) is 227. The molecule has 1 aromatic heterocycles. The number of carbonyl (C=O) groups is 14. The van der Waals surface area contributed by atoms with E-state index in [4.69, 9.17) is 5.73 Å². The van der Waals surface area contributed by atoms with E-state index >= 15 is 66.3 Å². The number of aliphatic hydroxyl groups is 1. The van der Waals surface area contributed by atoms with Crippen LogP contribution in [0.2, 0.25) is 0 Å². The Balaban J connectivity index is 0.991. The van der Waals surface area contributed by atoms with Gasteiger partial charge in [-0.1, -0.05) is 151 Å². The van der Waals surface area contributed by atoms with E-state index < -0.39 is 221 Å². The quantitative estimate of drug-likeness (QED) is 0.0359. The highest BCUT2D eigenvalue weighted by Crippen LogP contribution is 2.30. The third kappa shape index (κ3) is 27.9. The summed E-state index contributed by atoms with van der Waals surface area (Å²) >= 11 is 0.726. The van der Waals surface area contributed by atoms with Gasteiger partial charge >= 0.3 is 0 Å². The number of aromatic hydroxyl groups is 2. The number of likely N-dealkylation sites (N-methyl/N-ethyl adjacent to an activating group) is 3. The first kappa shape index (κ1) is 105. The molecule has 14 amide bonds. The van der Waals surface area contributed by atoms with Crippen LogP contribution in [0, 0.1) is 29.3 Å². The molecule has 137 heavy (non-hydrogen) atoms. The van der Waals surface area contributed by atoms with E-state index in [2.05, 4.69) is 52.8 Å². The van der Waals surface area contributed by atoms with Gasteiger partial charge in [-0.15, -0.1) is 11.8 Å². The Morgan fingerprint density at radius 2 is 1.01 bits per heavy atom. The number of nitrogens with two attached hydrogens (primary N) is 1. The minimum atomic E-state index is -1.83. The molecule has 0 saturated carbocycles. The molecule has 4 saturated heterocycles. The first-order valence-electron chi connectivity index (χ1n) is 46.6. The maximum atomic E-state index is 16.0. The van der Waals surface area contributed by atoms with Gasteiger partial charge in [0.05, 0.1) is 12.3 Å². The number of hydrogen-bond donors (Lipinski definition) is 14. The van der Waals surface area contributed by atoms with Gasteiger partial charge in [0.25, 0.3) is 0 Å². The van der Waals surface area contributed by atoms with Gasteiger partial charge < -0.3 is 103 Å². The maximum Gasteiger partial charge on any atom is 0.246 e. The minimum absolute atomic E-state index is 0.0358. The number of thioether (sulfide) groups is 1. The van der Waals surface area contributed by atoms with Crippen molar-refractivity contribution in [1.29, 1.82) is 0 Å². The molecule has 0 aliphatic carbocycles. The standard InChI is InChI=1S/C99H126F3N17O17S/c1-9-10-28-78-97(134)118-41-21-30-79(118)98(135)119-42-39-104-53-82(119)93(130)113-86(58(4)5)99(136)115(7)80(49-59-22-13-11-14-23-59)92(129)111-75(47-62-33-37-66(121)38-34-62)95(132)117-40-20-19-29-77(117)91(128)110-73(51-64-52-105-70-27-18-17-26-67(64)70)90(127)109-72(46-61-31-35-65(120)36-32-61)89(126)108-71(43-57(2)3)88(125)112-76(87(124)106-54-83(103)122)55-137-56-84(123)107-74(48-63-44-68(100)85(102)69(101)45-63)94(131)116(8)81(96(133)114(78)6)50-60-24-15-12-16-25-60/h11-18,22-27,31-38,44-45,52,57-58,71-83,86,104-105,120-122H,9-10,19-21,28-30,39-43,46-51,53-56,103H2,1-8H3,(H,106,124)(H,107,123)(H,108,126)(H,109,127)(H,110,128)(H,111,129)(H,112,125)(H,113,130)/t71-,72-,73-,74-,75-,76-,77+,78-,79+,80-,81-,82-,83?,86-/m0/s1. The van der Waals surface area contributed by atoms with E-state index in [1.54, 1.807) is 131 Å². The predicted molar refractivity (Wildman–Crippen MR) is 506 cm³/mol. The molecule has 1 unspecified atom stereocenters. The van der Waals surface area contributed by atoms with Gasteiger partial charge in [0.1, 0.15) is 96.3 Å². The number of aromatic nitrogens is 1. The largest absolute Gasteiger partial charge is 0.508 e. The van der Waals surface area contributed by atoms with E-state index in [1.807, 2.05) is 6.92 Å². The molecule has 5 heterocycles. The van der Waals surface area contributed by atoms with Gasteiger partial charge in [0.2, 0.25) is 82.7 Å². The number of nitrogens with one attached hydrogen (secondary N) is 10. The Labute approximate surface area is 798 Å². The number of phenols is 2. The highest BCUT2D eigenvalue weighted by molar-refractivity contribution is 8.00. The van der Waals surface area contributed by atoms with Gasteiger partial charge in [-0.2, -0.15) is 0 Å². The summed E-state index contributed by atoms with van der Waals surface area (Å²) in [7, 11) is 4.02. The highest BCUT2D eigenvalue weighted by Gasteiger charge is 2.48. The molecule has 34 nitrogen and oxygen atoms in total. The Morgan fingerprint density at radius 1 is 0.496 bits per heavy atom. The fourth-order valence-corrected chi connectivity index (χ4v) is 18.8. The van der Waals surface area contributed by atoms with Crippen molar-refractivity contribution in [3.63, 3.8) is 0 Å². The number of phenolic OH excluding ortho intramolecular Hbond substituents is 2. The number of para-hydroxylation sites is 1. The van der Waals surface area contributed by atoms with Gasteiger partial charge in [0.15, 0.2) is 17.5 Å². The predicted octanol–water partition coefficient (Wildman–Crippen LogP) is 3.83. The molecule has 38 heteroatoms. The first-order valence-corrected chi connectivity index (χ1v) is 47.8. The van der Waals surface area contributed by atoms with Crippen LogP contribution in [0.1, 0.15) is 126 Å². The Kier molecular flexibility index (Phi) is 37.5. The number of nitrogens with zero attached hydrogens (tertiary/aromatic N) is 6.